The molecular formula is C26H28N2O5. The average Bonchev–Trinajstić information content (AvgIpc) is 3.24. The van der Waals surface area contributed by atoms with Crippen LogP contribution in [0.3, 0.4) is 0 Å². The summed E-state index contributed by atoms with van der Waals surface area (Å²) in [5.41, 5.74) is 4.14. The van der Waals surface area contributed by atoms with Gasteiger partial charge in [-0.3, -0.25) is 4.79 Å². The average molecular weight is 449 g/mol. The molecule has 2 aromatic carbocycles. The number of amides is 2. The molecule has 7 nitrogen and oxygen atoms in total. The number of aliphatic carboxylic acids is 1. The van der Waals surface area contributed by atoms with E-state index in [-0.39, 0.29) is 30.4 Å². The zero-order valence-electron chi connectivity index (χ0n) is 18.8. The molecular weight excluding hydrogens is 420 g/mol. The summed E-state index contributed by atoms with van der Waals surface area (Å²) in [4.78, 5) is 38.1. The van der Waals surface area contributed by atoms with Crippen molar-refractivity contribution >= 4 is 18.0 Å². The summed E-state index contributed by atoms with van der Waals surface area (Å²) in [6.45, 7) is 1.76. The van der Waals surface area contributed by atoms with Gasteiger partial charge in [-0.1, -0.05) is 48.5 Å². The van der Waals surface area contributed by atoms with Crippen molar-refractivity contribution in [1.29, 1.82) is 0 Å². The zero-order valence-corrected chi connectivity index (χ0v) is 18.8. The van der Waals surface area contributed by atoms with Gasteiger partial charge in [0, 0.05) is 19.0 Å². The summed E-state index contributed by atoms with van der Waals surface area (Å²) in [7, 11) is 1.54. The number of carboxylic acid groups (broad SMARTS) is 1. The zero-order chi connectivity index (χ0) is 23.3. The Bertz CT molecular complexity index is 1090. The standard InChI is InChI=1S/C26H28N2O5/c1-15(23(29)30)28(2)24(31)26-12-16(26)11-17(13-26)27-25(32)33-14-22-20-9-5-3-7-18(20)19-8-4-6-10-21(19)22/h3-10,15-17,22H,11-14H2,1-2H3,(H,27,32)(H,29,30)/t15-,16?,17?,26?/m0/s1. The maximum Gasteiger partial charge on any atom is 0.407 e. The van der Waals surface area contributed by atoms with Crippen molar-refractivity contribution in [3.05, 3.63) is 59.7 Å². The van der Waals surface area contributed by atoms with Crippen LogP contribution in [0.2, 0.25) is 0 Å². The Labute approximate surface area is 192 Å². The van der Waals surface area contributed by atoms with Crippen LogP contribution in [-0.2, 0) is 14.3 Å². The summed E-state index contributed by atoms with van der Waals surface area (Å²) < 4.78 is 5.64. The van der Waals surface area contributed by atoms with Gasteiger partial charge in [0.05, 0.1) is 5.41 Å². The number of fused-ring (bicyclic) bond motifs is 4. The van der Waals surface area contributed by atoms with Gasteiger partial charge in [-0.15, -0.1) is 0 Å². The summed E-state index contributed by atoms with van der Waals surface area (Å²) >= 11 is 0. The molecule has 0 saturated heterocycles. The van der Waals surface area contributed by atoms with Crippen LogP contribution in [0.5, 0.6) is 0 Å². The van der Waals surface area contributed by atoms with Crippen molar-refractivity contribution in [2.75, 3.05) is 13.7 Å². The molecule has 0 aliphatic heterocycles. The third-order valence-corrected chi connectivity index (χ3v) is 7.76. The van der Waals surface area contributed by atoms with Gasteiger partial charge in [0.15, 0.2) is 0 Å². The van der Waals surface area contributed by atoms with E-state index in [1.54, 1.807) is 0 Å². The lowest BCUT2D eigenvalue weighted by Crippen LogP contribution is -2.45. The Morgan fingerprint density at radius 1 is 1.09 bits per heavy atom. The Hall–Kier alpha value is -3.35. The molecule has 2 aromatic rings. The van der Waals surface area contributed by atoms with Crippen LogP contribution in [0.15, 0.2) is 48.5 Å². The second-order valence-corrected chi connectivity index (χ2v) is 9.59. The molecule has 3 aliphatic rings. The lowest BCUT2D eigenvalue weighted by atomic mass is 9.98. The number of ether oxygens (including phenoxy) is 1. The maximum absolute atomic E-state index is 12.9. The van der Waals surface area contributed by atoms with Gasteiger partial charge in [-0.2, -0.15) is 0 Å². The van der Waals surface area contributed by atoms with Gasteiger partial charge in [-0.05, 0) is 54.4 Å². The number of rotatable bonds is 6. The lowest BCUT2D eigenvalue weighted by Gasteiger charge is -2.26. The molecule has 0 bridgehead atoms. The Kier molecular flexibility index (Phi) is 5.15. The van der Waals surface area contributed by atoms with Crippen LogP contribution in [-0.4, -0.2) is 53.7 Å². The number of benzene rings is 2. The summed E-state index contributed by atoms with van der Waals surface area (Å²) in [5.74, 6) is -0.975. The highest BCUT2D eigenvalue weighted by atomic mass is 16.5. The molecule has 0 aromatic heterocycles. The monoisotopic (exact) mass is 448 g/mol. The van der Waals surface area contributed by atoms with Gasteiger partial charge >= 0.3 is 12.1 Å². The SMILES string of the molecule is C[C@@H](C(=O)O)N(C)C(=O)C12CC(NC(=O)OCC3c4ccccc4-c4ccccc43)CC1C2. The van der Waals surface area contributed by atoms with E-state index in [1.807, 2.05) is 24.3 Å². The van der Waals surface area contributed by atoms with Gasteiger partial charge in [0.1, 0.15) is 12.6 Å². The van der Waals surface area contributed by atoms with Gasteiger partial charge in [-0.25, -0.2) is 9.59 Å². The van der Waals surface area contributed by atoms with Crippen molar-refractivity contribution in [2.24, 2.45) is 11.3 Å². The molecule has 4 atom stereocenters. The van der Waals surface area contributed by atoms with Crippen LogP contribution in [0.1, 0.15) is 43.2 Å². The highest BCUT2D eigenvalue weighted by molar-refractivity contribution is 5.90. The first-order valence-electron chi connectivity index (χ1n) is 11.4. The molecule has 0 heterocycles. The second-order valence-electron chi connectivity index (χ2n) is 9.59. The number of nitrogens with zero attached hydrogens (tertiary/aromatic N) is 1. The van der Waals surface area contributed by atoms with E-state index in [1.165, 1.54) is 30.0 Å². The molecule has 0 radical (unpaired) electrons. The van der Waals surface area contributed by atoms with Crippen molar-refractivity contribution in [1.82, 2.24) is 10.2 Å². The number of hydrogen-bond acceptors (Lipinski definition) is 4. The number of carbonyl (C=O) groups excluding carboxylic acids is 2. The fourth-order valence-electron chi connectivity index (χ4n) is 5.76. The molecule has 2 N–H and O–H groups in total. The topological polar surface area (TPSA) is 95.9 Å². The first kappa shape index (κ1) is 21.5. The van der Waals surface area contributed by atoms with Crippen LogP contribution >= 0.6 is 0 Å². The number of hydrogen-bond donors (Lipinski definition) is 2. The predicted molar refractivity (Wildman–Crippen MR) is 122 cm³/mol. The van der Waals surface area contributed by atoms with E-state index in [4.69, 9.17) is 4.74 Å². The van der Waals surface area contributed by atoms with Gasteiger partial charge in [0.2, 0.25) is 5.91 Å². The van der Waals surface area contributed by atoms with E-state index >= 15 is 0 Å². The minimum Gasteiger partial charge on any atom is -0.480 e. The third-order valence-electron chi connectivity index (χ3n) is 7.76. The summed E-state index contributed by atoms with van der Waals surface area (Å²) in [6.07, 6.45) is 1.52. The van der Waals surface area contributed by atoms with Gasteiger partial charge in [0.25, 0.3) is 0 Å². The predicted octanol–water partition coefficient (Wildman–Crippen LogP) is 3.63. The van der Waals surface area contributed by atoms with Crippen LogP contribution in [0, 0.1) is 11.3 Å². The van der Waals surface area contributed by atoms with Gasteiger partial charge < -0.3 is 20.1 Å². The fourth-order valence-corrected chi connectivity index (χ4v) is 5.76. The number of nitrogens with one attached hydrogen (secondary N) is 1. The minimum absolute atomic E-state index is 0.000735. The van der Waals surface area contributed by atoms with E-state index in [2.05, 4.69) is 29.6 Å². The molecule has 3 unspecified atom stereocenters. The van der Waals surface area contributed by atoms with Crippen LogP contribution < -0.4 is 5.32 Å². The summed E-state index contributed by atoms with van der Waals surface area (Å²) in [5, 5.41) is 12.2. The normalized spacial score (nSPS) is 25.4. The Morgan fingerprint density at radius 2 is 1.70 bits per heavy atom. The van der Waals surface area contributed by atoms with Crippen LogP contribution in [0.4, 0.5) is 4.79 Å². The minimum atomic E-state index is -1.02. The number of alkyl carbamates (subject to hydrolysis) is 1. The van der Waals surface area contributed by atoms with E-state index < -0.39 is 23.5 Å². The van der Waals surface area contributed by atoms with Crippen LogP contribution in [0.25, 0.3) is 11.1 Å². The maximum atomic E-state index is 12.9. The third kappa shape index (κ3) is 3.56. The molecule has 2 saturated carbocycles. The Balaban J connectivity index is 1.19. The van der Waals surface area contributed by atoms with Crippen molar-refractivity contribution in [3.8, 4) is 11.1 Å². The number of carboxylic acids is 1. The Morgan fingerprint density at radius 3 is 2.30 bits per heavy atom. The molecule has 172 valence electrons. The van der Waals surface area contributed by atoms with E-state index in [0.717, 1.165) is 17.5 Å². The first-order valence-corrected chi connectivity index (χ1v) is 11.4. The lowest BCUT2D eigenvalue weighted by molar-refractivity contribution is -0.150. The van der Waals surface area contributed by atoms with Crippen molar-refractivity contribution < 1.29 is 24.2 Å². The van der Waals surface area contributed by atoms with E-state index in [0.29, 0.717) is 12.8 Å². The second kappa shape index (κ2) is 7.90. The quantitative estimate of drug-likeness (QED) is 0.704. The molecule has 3 aliphatic carbocycles. The highest BCUT2D eigenvalue weighted by Gasteiger charge is 2.66. The molecule has 0 spiro atoms. The highest BCUT2D eigenvalue weighted by Crippen LogP contribution is 2.64. The fraction of sp³-hybridized carbons (Fsp3) is 0.423. The number of likely N-dealkylation sites (N-methyl/N-ethyl adjacent to an activating group) is 1. The molecule has 5 rings (SSSR count). The smallest absolute Gasteiger partial charge is 0.407 e. The molecule has 7 heteroatoms. The molecule has 2 fully saturated rings. The molecule has 2 amide bonds. The van der Waals surface area contributed by atoms with Crippen molar-refractivity contribution in [3.63, 3.8) is 0 Å². The molecule has 33 heavy (non-hydrogen) atoms. The number of carbonyl (C=O) groups is 3. The first-order chi connectivity index (χ1) is 15.8. The summed E-state index contributed by atoms with van der Waals surface area (Å²) in [6, 6.07) is 15.4. The van der Waals surface area contributed by atoms with Crippen molar-refractivity contribution in [2.45, 2.75) is 44.2 Å². The largest absolute Gasteiger partial charge is 0.480 e. The van der Waals surface area contributed by atoms with E-state index in [9.17, 15) is 19.5 Å².